The minimum absolute atomic E-state index is 0.0813. The number of nitrogens with zero attached hydrogens (tertiary/aromatic N) is 2. The van der Waals surface area contributed by atoms with E-state index < -0.39 is 15.4 Å². The third-order valence-electron chi connectivity index (χ3n) is 7.19. The Hall–Kier alpha value is -3.78. The molecular weight excluding hydrogens is 476 g/mol. The number of carbonyl (C=O) groups excluding carboxylic acids is 3. The third kappa shape index (κ3) is 4.01. The Balaban J connectivity index is 1.44. The van der Waals surface area contributed by atoms with Crippen LogP contribution in [0.5, 0.6) is 0 Å². The van der Waals surface area contributed by atoms with Crippen LogP contribution in [-0.2, 0) is 21.2 Å². The number of anilines is 1. The van der Waals surface area contributed by atoms with Crippen molar-refractivity contribution < 1.29 is 22.8 Å². The van der Waals surface area contributed by atoms with Gasteiger partial charge in [-0.25, -0.2) is 8.42 Å². The van der Waals surface area contributed by atoms with Crippen molar-refractivity contribution in [3.8, 4) is 0 Å². The number of aryl methyl sites for hydroxylation is 1. The number of amides is 2. The van der Waals surface area contributed by atoms with E-state index in [0.717, 1.165) is 17.4 Å². The summed E-state index contributed by atoms with van der Waals surface area (Å²) in [6.07, 6.45) is 1.69. The summed E-state index contributed by atoms with van der Waals surface area (Å²) in [4.78, 5) is 39.6. The summed E-state index contributed by atoms with van der Waals surface area (Å²) in [7, 11) is -3.86. The maximum atomic E-state index is 13.6. The third-order valence-corrected chi connectivity index (χ3v) is 9.01. The van der Waals surface area contributed by atoms with Crippen LogP contribution in [0.2, 0.25) is 0 Å². The highest BCUT2D eigenvalue weighted by molar-refractivity contribution is 7.92. The Labute approximate surface area is 210 Å². The van der Waals surface area contributed by atoms with Gasteiger partial charge in [0, 0.05) is 18.5 Å². The number of hydrogen-bond acceptors (Lipinski definition) is 5. The molecule has 0 aliphatic carbocycles. The van der Waals surface area contributed by atoms with Crippen molar-refractivity contribution in [1.29, 1.82) is 0 Å². The lowest BCUT2D eigenvalue weighted by atomic mass is 9.77. The Morgan fingerprint density at radius 2 is 1.50 bits per heavy atom. The lowest BCUT2D eigenvalue weighted by molar-refractivity contribution is -0.116. The molecule has 8 heteroatoms. The molecule has 0 N–H and O–H groups in total. The molecule has 184 valence electrons. The van der Waals surface area contributed by atoms with Gasteiger partial charge in [-0.05, 0) is 62.1 Å². The molecule has 0 fully saturated rings. The molecule has 36 heavy (non-hydrogen) atoms. The zero-order valence-corrected chi connectivity index (χ0v) is 20.7. The molecule has 0 saturated carbocycles. The quantitative estimate of drug-likeness (QED) is 0.375. The maximum absolute atomic E-state index is 13.6. The van der Waals surface area contributed by atoms with Crippen LogP contribution in [0.15, 0.2) is 77.7 Å². The largest absolute Gasteiger partial charge is 0.303 e. The molecule has 1 unspecified atom stereocenters. The van der Waals surface area contributed by atoms with E-state index in [1.165, 1.54) is 9.21 Å². The van der Waals surface area contributed by atoms with Crippen molar-refractivity contribution in [2.45, 2.75) is 31.1 Å². The highest BCUT2D eigenvalue weighted by atomic mass is 32.2. The average Bonchev–Trinajstić information content (AvgIpc) is 3.02. The van der Waals surface area contributed by atoms with E-state index in [1.54, 1.807) is 60.7 Å². The maximum Gasteiger partial charge on any atom is 0.264 e. The second kappa shape index (κ2) is 9.02. The van der Waals surface area contributed by atoms with E-state index in [1.807, 2.05) is 19.1 Å². The van der Waals surface area contributed by atoms with Gasteiger partial charge >= 0.3 is 0 Å². The van der Waals surface area contributed by atoms with Crippen LogP contribution in [0.3, 0.4) is 0 Å². The van der Waals surface area contributed by atoms with Gasteiger partial charge in [0.2, 0.25) is 0 Å². The van der Waals surface area contributed by atoms with Crippen LogP contribution in [0.4, 0.5) is 5.69 Å². The fraction of sp³-hybridized carbons (Fsp3) is 0.250. The number of hydrogen-bond donors (Lipinski definition) is 0. The summed E-state index contributed by atoms with van der Waals surface area (Å²) in [5, 5.41) is 0. The van der Waals surface area contributed by atoms with Crippen molar-refractivity contribution >= 4 is 33.8 Å². The zero-order valence-electron chi connectivity index (χ0n) is 19.9. The van der Waals surface area contributed by atoms with Crippen molar-refractivity contribution in [3.05, 3.63) is 95.1 Å². The first kappa shape index (κ1) is 23.9. The molecule has 2 aliphatic rings. The number of rotatable bonds is 6. The van der Waals surface area contributed by atoms with E-state index in [-0.39, 0.29) is 42.6 Å². The fourth-order valence-corrected chi connectivity index (χ4v) is 6.56. The van der Waals surface area contributed by atoms with Gasteiger partial charge in [-0.2, -0.15) is 0 Å². The molecule has 7 nitrogen and oxygen atoms in total. The molecule has 3 aromatic carbocycles. The van der Waals surface area contributed by atoms with Crippen molar-refractivity contribution in [1.82, 2.24) is 4.90 Å². The van der Waals surface area contributed by atoms with Crippen LogP contribution in [-0.4, -0.2) is 44.5 Å². The molecule has 2 heterocycles. The normalized spacial score (nSPS) is 19.6. The van der Waals surface area contributed by atoms with E-state index >= 15 is 0 Å². The highest BCUT2D eigenvalue weighted by Gasteiger charge is 2.41. The molecule has 2 amide bonds. The first-order valence-electron chi connectivity index (χ1n) is 11.8. The summed E-state index contributed by atoms with van der Waals surface area (Å²) in [6.45, 7) is 2.08. The minimum Gasteiger partial charge on any atom is -0.303 e. The lowest BCUT2D eigenvalue weighted by Gasteiger charge is -2.29. The van der Waals surface area contributed by atoms with Gasteiger partial charge in [0.05, 0.1) is 21.7 Å². The average molecular weight is 503 g/mol. The molecule has 0 bridgehead atoms. The monoisotopic (exact) mass is 502 g/mol. The van der Waals surface area contributed by atoms with Gasteiger partial charge in [-0.1, -0.05) is 48.0 Å². The SMILES string of the molecule is Cc1ccc(S(=O)(=O)N2CCC(C=O)(CCN3C(=O)c4ccccc4C3=O)Cc3ccccc32)cc1. The van der Waals surface area contributed by atoms with Crippen molar-refractivity contribution in [2.24, 2.45) is 5.41 Å². The molecule has 0 saturated heterocycles. The summed E-state index contributed by atoms with van der Waals surface area (Å²) >= 11 is 0. The van der Waals surface area contributed by atoms with Gasteiger partial charge in [0.1, 0.15) is 6.29 Å². The number of carbonyl (C=O) groups is 3. The van der Waals surface area contributed by atoms with Crippen LogP contribution in [0.1, 0.15) is 44.7 Å². The first-order valence-corrected chi connectivity index (χ1v) is 13.3. The standard InChI is InChI=1S/C28H26N2O5S/c1-20-10-12-22(13-11-20)36(34,35)30-17-15-28(19-31,18-21-6-2-5-9-25(21)30)14-16-29-26(32)23-7-3-4-8-24(23)27(29)33/h2-13,19H,14-18H2,1H3. The predicted octanol–water partition coefficient (Wildman–Crippen LogP) is 4.01. The van der Waals surface area contributed by atoms with E-state index in [2.05, 4.69) is 0 Å². The molecule has 3 aromatic rings. The van der Waals surface area contributed by atoms with Gasteiger partial charge in [0.25, 0.3) is 21.8 Å². The molecule has 2 aliphatic heterocycles. The Bertz CT molecular complexity index is 1430. The smallest absolute Gasteiger partial charge is 0.264 e. The summed E-state index contributed by atoms with van der Waals surface area (Å²) < 4.78 is 28.6. The number of aldehydes is 1. The molecule has 0 radical (unpaired) electrons. The fourth-order valence-electron chi connectivity index (χ4n) is 5.05. The number of fused-ring (bicyclic) bond motifs is 2. The Kier molecular flexibility index (Phi) is 6.00. The van der Waals surface area contributed by atoms with E-state index in [9.17, 15) is 22.8 Å². The molecule has 0 spiro atoms. The van der Waals surface area contributed by atoms with Gasteiger partial charge in [0.15, 0.2) is 0 Å². The van der Waals surface area contributed by atoms with E-state index in [0.29, 0.717) is 23.2 Å². The first-order chi connectivity index (χ1) is 17.3. The number of imide groups is 1. The molecule has 5 rings (SSSR count). The van der Waals surface area contributed by atoms with Crippen molar-refractivity contribution in [3.63, 3.8) is 0 Å². The summed E-state index contributed by atoms with van der Waals surface area (Å²) in [5.41, 5.74) is 2.04. The van der Waals surface area contributed by atoms with Gasteiger partial charge < -0.3 is 4.79 Å². The topological polar surface area (TPSA) is 91.8 Å². The minimum atomic E-state index is -3.86. The summed E-state index contributed by atoms with van der Waals surface area (Å²) in [5.74, 6) is -0.733. The summed E-state index contributed by atoms with van der Waals surface area (Å²) in [6, 6.07) is 20.6. The van der Waals surface area contributed by atoms with E-state index in [4.69, 9.17) is 0 Å². The van der Waals surface area contributed by atoms with Crippen LogP contribution < -0.4 is 4.31 Å². The second-order valence-corrected chi connectivity index (χ2v) is 11.3. The second-order valence-electron chi connectivity index (χ2n) is 9.48. The predicted molar refractivity (Wildman–Crippen MR) is 135 cm³/mol. The number of sulfonamides is 1. The zero-order chi connectivity index (χ0) is 25.5. The Morgan fingerprint density at radius 1 is 0.889 bits per heavy atom. The number of benzene rings is 3. The molecule has 0 aromatic heterocycles. The van der Waals surface area contributed by atoms with Crippen LogP contribution in [0, 0.1) is 12.3 Å². The van der Waals surface area contributed by atoms with Gasteiger partial charge in [-0.15, -0.1) is 0 Å². The highest BCUT2D eigenvalue weighted by Crippen LogP contribution is 2.40. The van der Waals surface area contributed by atoms with Crippen molar-refractivity contribution in [2.75, 3.05) is 17.4 Å². The lowest BCUT2D eigenvalue weighted by Crippen LogP contribution is -2.38. The molecular formula is C28H26N2O5S. The number of para-hydroxylation sites is 1. The van der Waals surface area contributed by atoms with Crippen LogP contribution in [0.25, 0.3) is 0 Å². The van der Waals surface area contributed by atoms with Gasteiger partial charge in [-0.3, -0.25) is 18.8 Å². The Morgan fingerprint density at radius 3 is 2.14 bits per heavy atom. The molecule has 1 atom stereocenters. The van der Waals surface area contributed by atoms with Crippen LogP contribution >= 0.6 is 0 Å².